The van der Waals surface area contributed by atoms with Crippen LogP contribution in [0, 0.1) is 6.92 Å². The van der Waals surface area contributed by atoms with Crippen LogP contribution in [0.2, 0.25) is 0 Å². The quantitative estimate of drug-likeness (QED) is 0.828. The van der Waals surface area contributed by atoms with Crippen LogP contribution < -0.4 is 5.73 Å². The molecule has 0 radical (unpaired) electrons. The molecule has 1 saturated heterocycles. The van der Waals surface area contributed by atoms with Gasteiger partial charge >= 0.3 is 0 Å². The zero-order valence-corrected chi connectivity index (χ0v) is 13.7. The third-order valence-electron chi connectivity index (χ3n) is 3.52. The summed E-state index contributed by atoms with van der Waals surface area (Å²) in [4.78, 5) is 12.2. The lowest BCUT2D eigenvalue weighted by Crippen LogP contribution is -2.42. The first-order valence-electron chi connectivity index (χ1n) is 7.07. The van der Waals surface area contributed by atoms with E-state index in [2.05, 4.69) is 15.0 Å². The molecule has 0 aliphatic carbocycles. The van der Waals surface area contributed by atoms with Crippen molar-refractivity contribution in [1.82, 2.24) is 23.8 Å². The molecule has 3 rings (SSSR count). The number of morpholine rings is 1. The SMILES string of the molecule is Cc1nc(N)cc(C2CN(S(=O)(=O)c3cn(C)cn3)CCO2)n1. The fourth-order valence-electron chi connectivity index (χ4n) is 2.46. The molecule has 1 aliphatic rings. The fourth-order valence-corrected chi connectivity index (χ4v) is 3.85. The Morgan fingerprint density at radius 1 is 1.39 bits per heavy atom. The van der Waals surface area contributed by atoms with Crippen molar-refractivity contribution in [1.29, 1.82) is 0 Å². The van der Waals surface area contributed by atoms with Crippen molar-refractivity contribution in [2.24, 2.45) is 7.05 Å². The summed E-state index contributed by atoms with van der Waals surface area (Å²) < 4.78 is 33.9. The van der Waals surface area contributed by atoms with E-state index in [1.54, 1.807) is 24.6 Å². The topological polar surface area (TPSA) is 116 Å². The van der Waals surface area contributed by atoms with Gasteiger partial charge in [0.2, 0.25) is 0 Å². The van der Waals surface area contributed by atoms with E-state index in [0.717, 1.165) is 0 Å². The molecule has 2 N–H and O–H groups in total. The molecule has 23 heavy (non-hydrogen) atoms. The second kappa shape index (κ2) is 5.87. The Morgan fingerprint density at radius 2 is 2.17 bits per heavy atom. The number of imidazole rings is 1. The van der Waals surface area contributed by atoms with Crippen LogP contribution in [0.3, 0.4) is 0 Å². The molecule has 1 atom stereocenters. The van der Waals surface area contributed by atoms with Crippen LogP contribution in [0.25, 0.3) is 0 Å². The van der Waals surface area contributed by atoms with Crippen molar-refractivity contribution in [3.63, 3.8) is 0 Å². The number of aromatic nitrogens is 4. The monoisotopic (exact) mass is 338 g/mol. The molecule has 1 unspecified atom stereocenters. The molecule has 0 amide bonds. The smallest absolute Gasteiger partial charge is 0.262 e. The molecule has 1 fully saturated rings. The molecule has 2 aromatic rings. The average molecular weight is 338 g/mol. The maximum Gasteiger partial charge on any atom is 0.262 e. The van der Waals surface area contributed by atoms with Gasteiger partial charge in [0.15, 0.2) is 5.03 Å². The Kier molecular flexibility index (Phi) is 4.04. The summed E-state index contributed by atoms with van der Waals surface area (Å²) in [6.07, 6.45) is 2.46. The van der Waals surface area contributed by atoms with Gasteiger partial charge in [-0.3, -0.25) is 0 Å². The second-order valence-electron chi connectivity index (χ2n) is 5.36. The van der Waals surface area contributed by atoms with Crippen LogP contribution in [0.15, 0.2) is 23.6 Å². The third-order valence-corrected chi connectivity index (χ3v) is 5.27. The standard InChI is InChI=1S/C13H18N6O3S/c1-9-16-10(5-12(14)17-9)11-6-19(3-4-22-11)23(20,21)13-7-18(2)8-15-13/h5,7-8,11H,3-4,6H2,1-2H3,(H2,14,16,17). The van der Waals surface area contributed by atoms with E-state index in [1.807, 2.05) is 0 Å². The summed E-state index contributed by atoms with van der Waals surface area (Å²) in [7, 11) is -1.93. The molecule has 2 aromatic heterocycles. The van der Waals surface area contributed by atoms with Gasteiger partial charge < -0.3 is 15.0 Å². The summed E-state index contributed by atoms with van der Waals surface area (Å²) >= 11 is 0. The molecule has 0 saturated carbocycles. The summed E-state index contributed by atoms with van der Waals surface area (Å²) in [5, 5.41) is 0.0269. The number of hydrogen-bond donors (Lipinski definition) is 1. The summed E-state index contributed by atoms with van der Waals surface area (Å²) in [6, 6.07) is 1.61. The first-order valence-corrected chi connectivity index (χ1v) is 8.51. The first-order chi connectivity index (χ1) is 10.9. The predicted molar refractivity (Wildman–Crippen MR) is 81.8 cm³/mol. The number of aryl methyl sites for hydroxylation is 2. The molecule has 0 aromatic carbocycles. The maximum absolute atomic E-state index is 12.6. The number of nitrogens with two attached hydrogens (primary N) is 1. The van der Waals surface area contributed by atoms with E-state index in [4.69, 9.17) is 10.5 Å². The second-order valence-corrected chi connectivity index (χ2v) is 7.25. The van der Waals surface area contributed by atoms with Crippen molar-refractivity contribution in [3.8, 4) is 0 Å². The lowest BCUT2D eigenvalue weighted by Gasteiger charge is -2.31. The van der Waals surface area contributed by atoms with Crippen LogP contribution in [-0.2, 0) is 21.8 Å². The highest BCUT2D eigenvalue weighted by Gasteiger charge is 2.33. The molecule has 1 aliphatic heterocycles. The van der Waals surface area contributed by atoms with Crippen molar-refractivity contribution >= 4 is 15.8 Å². The van der Waals surface area contributed by atoms with Crippen LogP contribution in [-0.4, -0.2) is 51.9 Å². The molecule has 0 bridgehead atoms. The van der Waals surface area contributed by atoms with Crippen LogP contribution >= 0.6 is 0 Å². The number of anilines is 1. The van der Waals surface area contributed by atoms with E-state index >= 15 is 0 Å². The Balaban J connectivity index is 1.86. The van der Waals surface area contributed by atoms with Gasteiger partial charge in [-0.2, -0.15) is 4.31 Å². The number of nitrogens with zero attached hydrogens (tertiary/aromatic N) is 5. The van der Waals surface area contributed by atoms with Crippen molar-refractivity contribution in [2.75, 3.05) is 25.4 Å². The largest absolute Gasteiger partial charge is 0.384 e. The van der Waals surface area contributed by atoms with E-state index in [0.29, 0.717) is 17.3 Å². The van der Waals surface area contributed by atoms with Gasteiger partial charge in [-0.05, 0) is 6.92 Å². The van der Waals surface area contributed by atoms with Gasteiger partial charge in [0, 0.05) is 32.4 Å². The minimum atomic E-state index is -3.66. The normalized spacial score (nSPS) is 19.8. The number of ether oxygens (including phenoxy) is 1. The molecule has 0 spiro atoms. The van der Waals surface area contributed by atoms with Gasteiger partial charge in [0.1, 0.15) is 17.7 Å². The molecular formula is C13H18N6O3S. The highest BCUT2D eigenvalue weighted by molar-refractivity contribution is 7.89. The number of rotatable bonds is 3. The van der Waals surface area contributed by atoms with Gasteiger partial charge in [-0.25, -0.2) is 23.4 Å². The number of nitrogen functional groups attached to an aromatic ring is 1. The van der Waals surface area contributed by atoms with E-state index in [-0.39, 0.29) is 24.7 Å². The highest BCUT2D eigenvalue weighted by Crippen LogP contribution is 2.25. The summed E-state index contributed by atoms with van der Waals surface area (Å²) in [6.45, 7) is 2.44. The highest BCUT2D eigenvalue weighted by atomic mass is 32.2. The summed E-state index contributed by atoms with van der Waals surface area (Å²) in [5.74, 6) is 0.856. The van der Waals surface area contributed by atoms with Gasteiger partial charge in [0.25, 0.3) is 10.0 Å². The van der Waals surface area contributed by atoms with E-state index < -0.39 is 16.1 Å². The summed E-state index contributed by atoms with van der Waals surface area (Å²) in [5.41, 5.74) is 6.31. The molecule has 9 nitrogen and oxygen atoms in total. The van der Waals surface area contributed by atoms with Crippen LogP contribution in [0.1, 0.15) is 17.6 Å². The van der Waals surface area contributed by atoms with Gasteiger partial charge in [0.05, 0.1) is 18.6 Å². The predicted octanol–water partition coefficient (Wildman–Crippen LogP) is -0.137. The molecule has 3 heterocycles. The maximum atomic E-state index is 12.6. The zero-order valence-electron chi connectivity index (χ0n) is 12.9. The zero-order chi connectivity index (χ0) is 16.6. The van der Waals surface area contributed by atoms with Crippen molar-refractivity contribution in [2.45, 2.75) is 18.1 Å². The lowest BCUT2D eigenvalue weighted by molar-refractivity contribution is -0.00511. The van der Waals surface area contributed by atoms with E-state index in [1.165, 1.54) is 16.8 Å². The Morgan fingerprint density at radius 3 is 2.83 bits per heavy atom. The Hall–Kier alpha value is -2.04. The first kappa shape index (κ1) is 15.8. The molecule has 124 valence electrons. The molecular weight excluding hydrogens is 320 g/mol. The van der Waals surface area contributed by atoms with Crippen LogP contribution in [0.5, 0.6) is 0 Å². The lowest BCUT2D eigenvalue weighted by atomic mass is 10.2. The van der Waals surface area contributed by atoms with Gasteiger partial charge in [-0.1, -0.05) is 0 Å². The van der Waals surface area contributed by atoms with Crippen LogP contribution in [0.4, 0.5) is 5.82 Å². The number of sulfonamides is 1. The van der Waals surface area contributed by atoms with Crippen molar-refractivity contribution < 1.29 is 13.2 Å². The number of hydrogen-bond acceptors (Lipinski definition) is 7. The van der Waals surface area contributed by atoms with E-state index in [9.17, 15) is 8.42 Å². The van der Waals surface area contributed by atoms with Gasteiger partial charge in [-0.15, -0.1) is 0 Å². The fraction of sp³-hybridized carbons (Fsp3) is 0.462. The Bertz CT molecular complexity index is 799. The average Bonchev–Trinajstić information content (AvgIpc) is 2.94. The molecule has 10 heteroatoms. The minimum absolute atomic E-state index is 0.0269. The third kappa shape index (κ3) is 3.19. The Labute approximate surface area is 134 Å². The van der Waals surface area contributed by atoms with Crippen molar-refractivity contribution in [3.05, 3.63) is 30.1 Å². The minimum Gasteiger partial charge on any atom is -0.384 e.